The molecule has 8 nitrogen and oxygen atoms in total. The Hall–Kier alpha value is -4.24. The van der Waals surface area contributed by atoms with Crippen LogP contribution in [0.4, 0.5) is 5.95 Å². The molecular formula is C36H42N4O4S. The van der Waals surface area contributed by atoms with Gasteiger partial charge in [-0.1, -0.05) is 83.1 Å². The number of sulfonamides is 1. The summed E-state index contributed by atoms with van der Waals surface area (Å²) in [4.78, 5) is 25.1. The van der Waals surface area contributed by atoms with E-state index in [-0.39, 0.29) is 52.2 Å². The summed E-state index contributed by atoms with van der Waals surface area (Å²) in [6.07, 6.45) is 0.670. The Bertz CT molecular complexity index is 1790. The van der Waals surface area contributed by atoms with E-state index in [2.05, 4.69) is 73.6 Å². The van der Waals surface area contributed by atoms with Crippen LogP contribution < -0.4 is 9.46 Å². The lowest BCUT2D eigenvalue weighted by Crippen LogP contribution is -2.44. The predicted molar refractivity (Wildman–Crippen MR) is 178 cm³/mol. The number of hydrogen-bond donors (Lipinski definition) is 1. The number of fused-ring (bicyclic) bond motifs is 4. The fourth-order valence-electron chi connectivity index (χ4n) is 5.72. The zero-order valence-electron chi connectivity index (χ0n) is 27.1. The number of benzene rings is 3. The Morgan fingerprint density at radius 1 is 0.956 bits per heavy atom. The normalized spacial score (nSPS) is 16.7. The minimum atomic E-state index is -4.13. The quantitative estimate of drug-likeness (QED) is 0.249. The van der Waals surface area contributed by atoms with Crippen LogP contribution in [0.5, 0.6) is 5.88 Å². The molecule has 0 radical (unpaired) electrons. The highest BCUT2D eigenvalue weighted by molar-refractivity contribution is 7.92. The average Bonchev–Trinajstić information content (AvgIpc) is 2.97. The molecule has 0 fully saturated rings. The Morgan fingerprint density at radius 2 is 1.62 bits per heavy atom. The van der Waals surface area contributed by atoms with Crippen molar-refractivity contribution in [1.29, 1.82) is 0 Å². The van der Waals surface area contributed by atoms with Crippen molar-refractivity contribution in [2.75, 3.05) is 11.3 Å². The SMILES string of the molecule is Cc1cccc(C)c1-c1cc2nc(n1)NS(=O)(=O)c1cccc(c1)C(=O)N(Cc1ccc(C(C)(C)C)cc1)[C@H](CC(C)C)CO2. The number of aromatic nitrogens is 2. The molecule has 0 unspecified atom stereocenters. The molecule has 1 aromatic heterocycles. The molecule has 5 rings (SSSR count). The molecule has 1 amide bonds. The molecule has 9 heteroatoms. The topological polar surface area (TPSA) is 101 Å². The Balaban J connectivity index is 1.64. The molecule has 0 spiro atoms. The van der Waals surface area contributed by atoms with Crippen molar-refractivity contribution in [2.24, 2.45) is 5.92 Å². The van der Waals surface area contributed by atoms with Gasteiger partial charge in [0.2, 0.25) is 11.8 Å². The molecule has 0 saturated heterocycles. The van der Waals surface area contributed by atoms with Crippen LogP contribution in [-0.4, -0.2) is 41.8 Å². The van der Waals surface area contributed by atoms with E-state index in [1.807, 2.05) is 32.0 Å². The summed E-state index contributed by atoms with van der Waals surface area (Å²) in [5.41, 5.74) is 5.86. The molecule has 2 heterocycles. The molecule has 45 heavy (non-hydrogen) atoms. The third-order valence-corrected chi connectivity index (χ3v) is 9.42. The number of aryl methyl sites for hydroxylation is 2. The molecule has 3 aromatic carbocycles. The van der Waals surface area contributed by atoms with E-state index in [1.165, 1.54) is 17.7 Å². The fourth-order valence-corrected chi connectivity index (χ4v) is 6.71. The van der Waals surface area contributed by atoms with Gasteiger partial charge < -0.3 is 9.64 Å². The molecule has 236 valence electrons. The molecule has 0 saturated carbocycles. The van der Waals surface area contributed by atoms with Crippen LogP contribution in [0.3, 0.4) is 0 Å². The van der Waals surface area contributed by atoms with Gasteiger partial charge in [-0.2, -0.15) is 4.98 Å². The summed E-state index contributed by atoms with van der Waals surface area (Å²) in [5, 5.41) is 0. The van der Waals surface area contributed by atoms with Gasteiger partial charge in [0.25, 0.3) is 15.9 Å². The zero-order valence-corrected chi connectivity index (χ0v) is 27.9. The lowest BCUT2D eigenvalue weighted by atomic mass is 9.86. The molecule has 1 aliphatic heterocycles. The van der Waals surface area contributed by atoms with Gasteiger partial charge in [0.1, 0.15) is 6.61 Å². The van der Waals surface area contributed by atoms with E-state index in [0.29, 0.717) is 18.7 Å². The third-order valence-electron chi connectivity index (χ3n) is 8.10. The number of hydrogen-bond acceptors (Lipinski definition) is 6. The van der Waals surface area contributed by atoms with E-state index in [0.717, 1.165) is 22.3 Å². The molecular weight excluding hydrogens is 584 g/mol. The van der Waals surface area contributed by atoms with E-state index in [4.69, 9.17) is 4.74 Å². The van der Waals surface area contributed by atoms with Crippen LogP contribution in [0.2, 0.25) is 0 Å². The zero-order chi connectivity index (χ0) is 32.5. The highest BCUT2D eigenvalue weighted by Gasteiger charge is 2.29. The van der Waals surface area contributed by atoms with Crippen LogP contribution in [0.1, 0.15) is 73.7 Å². The Labute approximate surface area is 266 Å². The first-order chi connectivity index (χ1) is 21.2. The van der Waals surface area contributed by atoms with E-state index >= 15 is 0 Å². The van der Waals surface area contributed by atoms with Gasteiger partial charge in [-0.3, -0.25) is 4.79 Å². The summed E-state index contributed by atoms with van der Waals surface area (Å²) in [6, 6.07) is 21.8. The summed E-state index contributed by atoms with van der Waals surface area (Å²) in [5.74, 6) is 0.112. The number of ether oxygens (including phenoxy) is 1. The number of carbonyl (C=O) groups is 1. The van der Waals surface area contributed by atoms with Crippen LogP contribution in [-0.2, 0) is 22.0 Å². The number of amides is 1. The molecule has 1 atom stereocenters. The van der Waals surface area contributed by atoms with Crippen LogP contribution >= 0.6 is 0 Å². The van der Waals surface area contributed by atoms with Gasteiger partial charge in [-0.15, -0.1) is 0 Å². The predicted octanol–water partition coefficient (Wildman–Crippen LogP) is 7.31. The van der Waals surface area contributed by atoms with Crippen LogP contribution in [0.15, 0.2) is 77.7 Å². The van der Waals surface area contributed by atoms with Crippen molar-refractivity contribution < 1.29 is 17.9 Å². The Kier molecular flexibility index (Phi) is 9.03. The first-order valence-corrected chi connectivity index (χ1v) is 16.8. The number of carbonyl (C=O) groups excluding carboxylic acids is 1. The van der Waals surface area contributed by atoms with Gasteiger partial charge in [0, 0.05) is 23.7 Å². The second kappa shape index (κ2) is 12.6. The van der Waals surface area contributed by atoms with Gasteiger partial charge in [0.15, 0.2) is 0 Å². The minimum Gasteiger partial charge on any atom is -0.475 e. The maximum Gasteiger partial charge on any atom is 0.264 e. The monoisotopic (exact) mass is 626 g/mol. The number of nitrogens with zero attached hydrogens (tertiary/aromatic N) is 3. The molecule has 4 aromatic rings. The van der Waals surface area contributed by atoms with Crippen molar-refractivity contribution in [2.45, 2.75) is 77.8 Å². The second-order valence-corrected chi connectivity index (χ2v) is 15.0. The maximum atomic E-state index is 14.3. The minimum absolute atomic E-state index is 0.000366. The van der Waals surface area contributed by atoms with Crippen LogP contribution in [0.25, 0.3) is 11.3 Å². The van der Waals surface area contributed by atoms with Crippen molar-refractivity contribution in [3.05, 3.63) is 101 Å². The van der Waals surface area contributed by atoms with Gasteiger partial charge >= 0.3 is 0 Å². The summed E-state index contributed by atoms with van der Waals surface area (Å²) < 4.78 is 36.1. The van der Waals surface area contributed by atoms with Gasteiger partial charge in [-0.25, -0.2) is 18.1 Å². The third kappa shape index (κ3) is 7.36. The Morgan fingerprint density at radius 3 is 2.27 bits per heavy atom. The van der Waals surface area contributed by atoms with E-state index in [9.17, 15) is 13.2 Å². The standard InChI is InChI=1S/C36H42N4O4S/c1-23(2)18-29-22-44-32-20-31(33-24(3)10-8-11-25(33)4)37-35(38-32)39-45(42,43)30-13-9-12-27(19-30)34(41)40(29)21-26-14-16-28(17-15-26)36(5,6)7/h8-17,19-20,23,29H,18,21-22H2,1-7H3,(H,37,38,39)/t29-/m1/s1. The largest absolute Gasteiger partial charge is 0.475 e. The van der Waals surface area contributed by atoms with Crippen molar-refractivity contribution >= 4 is 21.9 Å². The summed E-state index contributed by atoms with van der Waals surface area (Å²) in [7, 11) is -4.13. The average molecular weight is 627 g/mol. The molecule has 1 aliphatic rings. The van der Waals surface area contributed by atoms with Crippen molar-refractivity contribution in [1.82, 2.24) is 14.9 Å². The first-order valence-electron chi connectivity index (χ1n) is 15.3. The van der Waals surface area contributed by atoms with Crippen LogP contribution in [0, 0.1) is 19.8 Å². The number of rotatable bonds is 5. The van der Waals surface area contributed by atoms with Gasteiger partial charge in [-0.05, 0) is 72.1 Å². The lowest BCUT2D eigenvalue weighted by molar-refractivity contribution is 0.0553. The maximum absolute atomic E-state index is 14.3. The number of nitrogens with one attached hydrogen (secondary N) is 1. The molecule has 1 N–H and O–H groups in total. The highest BCUT2D eigenvalue weighted by Crippen LogP contribution is 2.31. The molecule has 4 bridgehead atoms. The summed E-state index contributed by atoms with van der Waals surface area (Å²) in [6.45, 7) is 15.2. The smallest absolute Gasteiger partial charge is 0.264 e. The number of anilines is 1. The molecule has 0 aliphatic carbocycles. The van der Waals surface area contributed by atoms with E-state index in [1.54, 1.807) is 23.1 Å². The summed E-state index contributed by atoms with van der Waals surface area (Å²) >= 11 is 0. The fraction of sp³-hybridized carbons (Fsp3) is 0.361. The first kappa shape index (κ1) is 32.2. The highest BCUT2D eigenvalue weighted by atomic mass is 32.2. The van der Waals surface area contributed by atoms with Crippen molar-refractivity contribution in [3.63, 3.8) is 0 Å². The van der Waals surface area contributed by atoms with E-state index < -0.39 is 10.0 Å². The van der Waals surface area contributed by atoms with Gasteiger partial charge in [0.05, 0.1) is 16.6 Å². The van der Waals surface area contributed by atoms with Crippen molar-refractivity contribution in [3.8, 4) is 17.1 Å². The second-order valence-electron chi connectivity index (χ2n) is 13.3. The lowest BCUT2D eigenvalue weighted by Gasteiger charge is -2.33.